The molecule has 1 aromatic carbocycles. The molecule has 25 heavy (non-hydrogen) atoms. The lowest BCUT2D eigenvalue weighted by molar-refractivity contribution is -0.141. The zero-order valence-electron chi connectivity index (χ0n) is 14.2. The maximum absolute atomic E-state index is 12.9. The van der Waals surface area contributed by atoms with E-state index in [4.69, 9.17) is 16.3 Å². The number of ether oxygens (including phenoxy) is 1. The van der Waals surface area contributed by atoms with E-state index in [0.29, 0.717) is 35.7 Å². The average molecular weight is 361 g/mol. The van der Waals surface area contributed by atoms with Gasteiger partial charge >= 0.3 is 5.97 Å². The quantitative estimate of drug-likeness (QED) is 0.536. The van der Waals surface area contributed by atoms with Crippen molar-refractivity contribution < 1.29 is 9.53 Å². The van der Waals surface area contributed by atoms with E-state index in [1.165, 1.54) is 11.7 Å². The van der Waals surface area contributed by atoms with Crippen molar-refractivity contribution in [1.29, 1.82) is 0 Å². The van der Waals surface area contributed by atoms with Gasteiger partial charge in [-0.05, 0) is 23.6 Å². The first-order chi connectivity index (χ1) is 12.0. The van der Waals surface area contributed by atoms with Gasteiger partial charge in [0.25, 0.3) is 5.56 Å². The van der Waals surface area contributed by atoms with Gasteiger partial charge in [-0.3, -0.25) is 19.1 Å². The topological polar surface area (TPSA) is 51.5 Å². The molecule has 2 aromatic rings. The molecule has 0 amide bonds. The van der Waals surface area contributed by atoms with Crippen molar-refractivity contribution in [3.8, 4) is 0 Å². The Balaban J connectivity index is 2.57. The number of halogens is 1. The molecular weight excluding hydrogens is 340 g/mol. The van der Waals surface area contributed by atoms with Crippen LogP contribution in [0.3, 0.4) is 0 Å². The first-order valence-corrected chi connectivity index (χ1v) is 8.21. The van der Waals surface area contributed by atoms with Gasteiger partial charge in [-0.25, -0.2) is 0 Å². The summed E-state index contributed by atoms with van der Waals surface area (Å²) in [4.78, 5) is 26.7. The maximum Gasteiger partial charge on any atom is 0.325 e. The van der Waals surface area contributed by atoms with E-state index in [1.54, 1.807) is 24.3 Å². The molecule has 132 valence electrons. The molecule has 1 aromatic heterocycles. The van der Waals surface area contributed by atoms with Gasteiger partial charge in [-0.2, -0.15) is 0 Å². The van der Waals surface area contributed by atoms with Crippen molar-refractivity contribution in [2.75, 3.05) is 20.2 Å². The van der Waals surface area contributed by atoms with Gasteiger partial charge in [-0.1, -0.05) is 29.8 Å². The number of carbonyl (C=O) groups excluding carboxylic acids is 1. The number of fused-ring (bicyclic) bond motifs is 1. The van der Waals surface area contributed by atoms with Crippen LogP contribution in [0.5, 0.6) is 0 Å². The second kappa shape index (κ2) is 8.65. The molecule has 0 aliphatic heterocycles. The Labute approximate surface area is 151 Å². The van der Waals surface area contributed by atoms with E-state index >= 15 is 0 Å². The van der Waals surface area contributed by atoms with Gasteiger partial charge < -0.3 is 4.74 Å². The van der Waals surface area contributed by atoms with Gasteiger partial charge in [0.15, 0.2) is 0 Å². The SMILES string of the molecule is C=CCN(CC=C)Cc1cc2ccc(Cl)cc2n(CC(=O)OC)c1=O. The summed E-state index contributed by atoms with van der Waals surface area (Å²) in [7, 11) is 1.29. The Morgan fingerprint density at radius 1 is 1.28 bits per heavy atom. The number of benzene rings is 1. The fourth-order valence-corrected chi connectivity index (χ4v) is 2.84. The summed E-state index contributed by atoms with van der Waals surface area (Å²) in [5.74, 6) is -0.491. The Kier molecular flexibility index (Phi) is 6.56. The third-order valence-electron chi connectivity index (χ3n) is 3.82. The fraction of sp³-hybridized carbons (Fsp3) is 0.263. The number of nitrogens with zero attached hydrogens (tertiary/aromatic N) is 2. The Morgan fingerprint density at radius 2 is 1.96 bits per heavy atom. The van der Waals surface area contributed by atoms with Crippen LogP contribution in [0.1, 0.15) is 5.56 Å². The molecule has 0 saturated carbocycles. The number of rotatable bonds is 8. The number of hydrogen-bond donors (Lipinski definition) is 0. The average Bonchev–Trinajstić information content (AvgIpc) is 2.59. The van der Waals surface area contributed by atoms with E-state index < -0.39 is 5.97 Å². The van der Waals surface area contributed by atoms with Crippen LogP contribution in [-0.4, -0.2) is 35.6 Å². The normalized spacial score (nSPS) is 10.8. The summed E-state index contributed by atoms with van der Waals surface area (Å²) in [5, 5.41) is 1.33. The molecule has 0 N–H and O–H groups in total. The molecule has 0 atom stereocenters. The highest BCUT2D eigenvalue weighted by molar-refractivity contribution is 6.31. The van der Waals surface area contributed by atoms with E-state index in [-0.39, 0.29) is 12.1 Å². The van der Waals surface area contributed by atoms with Crippen molar-refractivity contribution in [2.24, 2.45) is 0 Å². The third kappa shape index (κ3) is 4.59. The maximum atomic E-state index is 12.9. The first-order valence-electron chi connectivity index (χ1n) is 7.83. The first kappa shape index (κ1) is 19.0. The number of pyridine rings is 1. The zero-order valence-corrected chi connectivity index (χ0v) is 15.0. The molecule has 2 rings (SSSR count). The van der Waals surface area contributed by atoms with Gasteiger partial charge in [0.05, 0.1) is 12.6 Å². The summed E-state index contributed by atoms with van der Waals surface area (Å²) < 4.78 is 6.12. The van der Waals surface area contributed by atoms with Gasteiger partial charge in [-0.15, -0.1) is 13.2 Å². The van der Waals surface area contributed by atoms with Gasteiger partial charge in [0, 0.05) is 30.2 Å². The lowest BCUT2D eigenvalue weighted by atomic mass is 10.1. The zero-order chi connectivity index (χ0) is 18.4. The molecular formula is C19H21ClN2O3. The molecule has 0 fully saturated rings. The number of carbonyl (C=O) groups is 1. The minimum absolute atomic E-state index is 0.164. The van der Waals surface area contributed by atoms with Crippen LogP contribution >= 0.6 is 11.6 Å². The monoisotopic (exact) mass is 360 g/mol. The Morgan fingerprint density at radius 3 is 2.56 bits per heavy atom. The number of hydrogen-bond acceptors (Lipinski definition) is 4. The van der Waals surface area contributed by atoms with Crippen molar-refractivity contribution in [3.63, 3.8) is 0 Å². The van der Waals surface area contributed by atoms with Crippen LogP contribution in [0.15, 0.2) is 54.4 Å². The highest BCUT2D eigenvalue weighted by atomic mass is 35.5. The van der Waals surface area contributed by atoms with Gasteiger partial charge in [0.1, 0.15) is 6.54 Å². The molecule has 0 bridgehead atoms. The summed E-state index contributed by atoms with van der Waals surface area (Å²) >= 11 is 6.06. The summed E-state index contributed by atoms with van der Waals surface area (Å²) in [5.41, 5.74) is 0.950. The number of esters is 1. The fourth-order valence-electron chi connectivity index (χ4n) is 2.68. The van der Waals surface area contributed by atoms with Gasteiger partial charge in [0.2, 0.25) is 0 Å². The molecule has 5 nitrogen and oxygen atoms in total. The highest BCUT2D eigenvalue weighted by Crippen LogP contribution is 2.20. The van der Waals surface area contributed by atoms with Crippen molar-refractivity contribution in [3.05, 3.63) is 70.5 Å². The predicted molar refractivity (Wildman–Crippen MR) is 101 cm³/mol. The molecule has 0 aliphatic rings. The Bertz CT molecular complexity index is 848. The van der Waals surface area contributed by atoms with E-state index in [1.807, 2.05) is 17.0 Å². The summed E-state index contributed by atoms with van der Waals surface area (Å²) in [6, 6.07) is 7.10. The Hall–Kier alpha value is -2.37. The lowest BCUT2D eigenvalue weighted by Crippen LogP contribution is -2.32. The third-order valence-corrected chi connectivity index (χ3v) is 4.05. The molecule has 6 heteroatoms. The molecule has 0 unspecified atom stereocenters. The van der Waals surface area contributed by atoms with Crippen LogP contribution in [0.25, 0.3) is 10.9 Å². The minimum Gasteiger partial charge on any atom is -0.468 e. The van der Waals surface area contributed by atoms with Crippen molar-refractivity contribution in [1.82, 2.24) is 9.47 Å². The second-order valence-electron chi connectivity index (χ2n) is 5.61. The molecule has 0 radical (unpaired) electrons. The molecule has 0 spiro atoms. The molecule has 0 aliphatic carbocycles. The van der Waals surface area contributed by atoms with Crippen molar-refractivity contribution >= 4 is 28.5 Å². The minimum atomic E-state index is -0.491. The second-order valence-corrected chi connectivity index (χ2v) is 6.05. The largest absolute Gasteiger partial charge is 0.468 e. The number of aromatic nitrogens is 1. The standard InChI is InChI=1S/C19H21ClN2O3/c1-4-8-21(9-5-2)12-15-10-14-6-7-16(20)11-17(14)22(19(15)24)13-18(23)25-3/h4-7,10-11H,1-2,8-9,12-13H2,3H3. The number of methoxy groups -OCH3 is 1. The predicted octanol–water partition coefficient (Wildman–Crippen LogP) is 3.00. The van der Waals surface area contributed by atoms with Crippen LogP contribution in [0.2, 0.25) is 5.02 Å². The summed E-state index contributed by atoms with van der Waals surface area (Å²) in [6.45, 7) is 8.99. The smallest absolute Gasteiger partial charge is 0.325 e. The van der Waals surface area contributed by atoms with Crippen molar-refractivity contribution in [2.45, 2.75) is 13.1 Å². The van der Waals surface area contributed by atoms with E-state index in [9.17, 15) is 9.59 Å². The van der Waals surface area contributed by atoms with Crippen LogP contribution in [-0.2, 0) is 22.6 Å². The van der Waals surface area contributed by atoms with Crippen LogP contribution in [0.4, 0.5) is 0 Å². The molecule has 0 saturated heterocycles. The highest BCUT2D eigenvalue weighted by Gasteiger charge is 2.15. The van der Waals surface area contributed by atoms with E-state index in [0.717, 1.165) is 5.39 Å². The molecule has 1 heterocycles. The van der Waals surface area contributed by atoms with Crippen LogP contribution < -0.4 is 5.56 Å². The lowest BCUT2D eigenvalue weighted by Gasteiger charge is -2.20. The van der Waals surface area contributed by atoms with Crippen LogP contribution in [0, 0.1) is 0 Å². The van der Waals surface area contributed by atoms with E-state index in [2.05, 4.69) is 13.2 Å². The summed E-state index contributed by atoms with van der Waals surface area (Å²) in [6.07, 6.45) is 3.55.